The van der Waals surface area contributed by atoms with Crippen LogP contribution in [0.3, 0.4) is 0 Å². The fourth-order valence-electron chi connectivity index (χ4n) is 1.15. The highest BCUT2D eigenvalue weighted by molar-refractivity contribution is 5.85. The van der Waals surface area contributed by atoms with Crippen molar-refractivity contribution in [3.63, 3.8) is 0 Å². The lowest BCUT2D eigenvalue weighted by molar-refractivity contribution is 0.199. The number of hydrogen-bond acceptors (Lipinski definition) is 3. The molecule has 1 N–H and O–H groups in total. The number of halogens is 2. The van der Waals surface area contributed by atoms with Gasteiger partial charge in [0.2, 0.25) is 5.95 Å². The van der Waals surface area contributed by atoms with Crippen LogP contribution in [0.25, 0.3) is 0 Å². The molecule has 0 spiro atoms. The van der Waals surface area contributed by atoms with Gasteiger partial charge in [0.05, 0.1) is 12.8 Å². The first-order valence-electron chi connectivity index (χ1n) is 4.69. The smallest absolute Gasteiger partial charge is 0.215 e. The lowest BCUT2D eigenvalue weighted by Crippen LogP contribution is -2.19. The Kier molecular flexibility index (Phi) is 7.29. The summed E-state index contributed by atoms with van der Waals surface area (Å²) in [5.41, 5.74) is 0.600. The van der Waals surface area contributed by atoms with Gasteiger partial charge in [0, 0.05) is 32.3 Å². The summed E-state index contributed by atoms with van der Waals surface area (Å²) in [6.45, 7) is 4.26. The predicted molar refractivity (Wildman–Crippen MR) is 58.7 cm³/mol. The van der Waals surface area contributed by atoms with Crippen LogP contribution in [0.2, 0.25) is 0 Å². The van der Waals surface area contributed by atoms with Crippen LogP contribution in [0.1, 0.15) is 12.5 Å². The number of methoxy groups -OCH3 is 1. The average Bonchev–Trinajstić information content (AvgIpc) is 2.55. The van der Waals surface area contributed by atoms with E-state index in [4.69, 9.17) is 4.74 Å². The molecule has 0 saturated carbocycles. The van der Waals surface area contributed by atoms with Gasteiger partial charge < -0.3 is 10.1 Å². The van der Waals surface area contributed by atoms with Crippen LogP contribution < -0.4 is 5.32 Å². The summed E-state index contributed by atoms with van der Waals surface area (Å²) in [5, 5.41) is 6.97. The van der Waals surface area contributed by atoms with Gasteiger partial charge in [0.25, 0.3) is 0 Å². The van der Waals surface area contributed by atoms with E-state index in [1.807, 2.05) is 6.92 Å². The van der Waals surface area contributed by atoms with Gasteiger partial charge in [-0.1, -0.05) is 0 Å². The van der Waals surface area contributed by atoms with Crippen LogP contribution in [-0.4, -0.2) is 30.0 Å². The first kappa shape index (κ1) is 14.3. The summed E-state index contributed by atoms with van der Waals surface area (Å²) in [6, 6.07) is 0. The van der Waals surface area contributed by atoms with Crippen LogP contribution in [0, 0.1) is 5.95 Å². The third-order valence-corrected chi connectivity index (χ3v) is 1.94. The van der Waals surface area contributed by atoms with Crippen molar-refractivity contribution in [1.82, 2.24) is 15.1 Å². The second-order valence-electron chi connectivity index (χ2n) is 2.95. The largest absolute Gasteiger partial charge is 0.383 e. The Morgan fingerprint density at radius 3 is 2.87 bits per heavy atom. The molecule has 1 aromatic heterocycles. The van der Waals surface area contributed by atoms with Gasteiger partial charge in [-0.05, 0) is 6.92 Å². The van der Waals surface area contributed by atoms with Crippen molar-refractivity contribution in [2.24, 2.45) is 0 Å². The second-order valence-corrected chi connectivity index (χ2v) is 2.95. The molecule has 0 unspecified atom stereocenters. The maximum atomic E-state index is 13.4. The van der Waals surface area contributed by atoms with Crippen LogP contribution in [0.4, 0.5) is 4.39 Å². The summed E-state index contributed by atoms with van der Waals surface area (Å²) in [6.07, 6.45) is 1.55. The van der Waals surface area contributed by atoms with E-state index in [0.717, 1.165) is 0 Å². The van der Waals surface area contributed by atoms with Crippen LogP contribution in [0.5, 0.6) is 0 Å². The number of ether oxygens (including phenoxy) is 1. The van der Waals surface area contributed by atoms with E-state index < -0.39 is 0 Å². The Morgan fingerprint density at radius 2 is 2.33 bits per heavy atom. The molecule has 0 aliphatic rings. The molecule has 1 aromatic rings. The quantitative estimate of drug-likeness (QED) is 0.756. The molecule has 0 amide bonds. The SMILES string of the molecule is CCn1ncc(CNCCOC)c1F.Cl. The first-order valence-corrected chi connectivity index (χ1v) is 4.69. The number of hydrogen-bond donors (Lipinski definition) is 1. The summed E-state index contributed by atoms with van der Waals surface area (Å²) in [7, 11) is 1.64. The van der Waals surface area contributed by atoms with E-state index in [1.54, 1.807) is 13.3 Å². The summed E-state index contributed by atoms with van der Waals surface area (Å²) >= 11 is 0. The Balaban J connectivity index is 0.00000196. The van der Waals surface area contributed by atoms with Gasteiger partial charge in [-0.25, -0.2) is 4.68 Å². The minimum absolute atomic E-state index is 0. The number of aryl methyl sites for hydroxylation is 1. The van der Waals surface area contributed by atoms with Crippen molar-refractivity contribution in [2.45, 2.75) is 20.0 Å². The second kappa shape index (κ2) is 7.62. The Hall–Kier alpha value is -0.650. The highest BCUT2D eigenvalue weighted by Gasteiger charge is 2.07. The fraction of sp³-hybridized carbons (Fsp3) is 0.667. The zero-order valence-corrected chi connectivity index (χ0v) is 9.81. The van der Waals surface area contributed by atoms with Crippen molar-refractivity contribution in [2.75, 3.05) is 20.3 Å². The predicted octanol–water partition coefficient (Wildman–Crippen LogP) is 1.20. The molecular formula is C9H17ClFN3O. The van der Waals surface area contributed by atoms with Gasteiger partial charge in [-0.2, -0.15) is 9.49 Å². The van der Waals surface area contributed by atoms with Gasteiger partial charge in [0.1, 0.15) is 0 Å². The van der Waals surface area contributed by atoms with Crippen molar-refractivity contribution < 1.29 is 9.13 Å². The molecule has 0 aromatic carbocycles. The molecule has 0 aliphatic heterocycles. The molecule has 0 aliphatic carbocycles. The Labute approximate surface area is 95.2 Å². The van der Waals surface area contributed by atoms with E-state index in [0.29, 0.717) is 31.8 Å². The molecule has 88 valence electrons. The van der Waals surface area contributed by atoms with Crippen molar-refractivity contribution in [1.29, 1.82) is 0 Å². The van der Waals surface area contributed by atoms with Crippen LogP contribution in [-0.2, 0) is 17.8 Å². The van der Waals surface area contributed by atoms with Crippen LogP contribution in [0.15, 0.2) is 6.20 Å². The van der Waals surface area contributed by atoms with E-state index in [-0.39, 0.29) is 18.4 Å². The fourth-order valence-corrected chi connectivity index (χ4v) is 1.15. The van der Waals surface area contributed by atoms with E-state index >= 15 is 0 Å². The number of nitrogens with one attached hydrogen (secondary N) is 1. The first-order chi connectivity index (χ1) is 6.79. The van der Waals surface area contributed by atoms with Crippen molar-refractivity contribution in [3.05, 3.63) is 17.7 Å². The van der Waals surface area contributed by atoms with Gasteiger partial charge in [-0.15, -0.1) is 12.4 Å². The zero-order valence-electron chi connectivity index (χ0n) is 8.99. The number of rotatable bonds is 6. The normalized spacial score (nSPS) is 10.1. The standard InChI is InChI=1S/C9H16FN3O.ClH/c1-3-13-9(10)8(7-12-13)6-11-4-5-14-2;/h7,11H,3-6H2,1-2H3;1H. The highest BCUT2D eigenvalue weighted by atomic mass is 35.5. The van der Waals surface area contributed by atoms with Gasteiger partial charge in [-0.3, -0.25) is 0 Å². The Bertz CT molecular complexity index is 280. The minimum atomic E-state index is -0.252. The van der Waals surface area contributed by atoms with Crippen LogP contribution >= 0.6 is 12.4 Å². The summed E-state index contributed by atoms with van der Waals surface area (Å²) in [5.74, 6) is -0.252. The molecular weight excluding hydrogens is 221 g/mol. The molecule has 1 rings (SSSR count). The lowest BCUT2D eigenvalue weighted by Gasteiger charge is -2.02. The molecule has 4 nitrogen and oxygen atoms in total. The maximum absolute atomic E-state index is 13.4. The van der Waals surface area contributed by atoms with Crippen molar-refractivity contribution in [3.8, 4) is 0 Å². The molecule has 0 bridgehead atoms. The summed E-state index contributed by atoms with van der Waals surface area (Å²) in [4.78, 5) is 0. The topological polar surface area (TPSA) is 39.1 Å². The Morgan fingerprint density at radius 1 is 1.60 bits per heavy atom. The van der Waals surface area contributed by atoms with Crippen molar-refractivity contribution >= 4 is 12.4 Å². The summed E-state index contributed by atoms with van der Waals surface area (Å²) < 4.78 is 19.6. The molecule has 0 atom stereocenters. The van der Waals surface area contributed by atoms with Gasteiger partial charge >= 0.3 is 0 Å². The molecule has 6 heteroatoms. The number of nitrogens with zero attached hydrogens (tertiary/aromatic N) is 2. The van der Waals surface area contributed by atoms with E-state index in [9.17, 15) is 4.39 Å². The van der Waals surface area contributed by atoms with E-state index in [2.05, 4.69) is 10.4 Å². The molecule has 1 heterocycles. The molecule has 0 saturated heterocycles. The number of aromatic nitrogens is 2. The maximum Gasteiger partial charge on any atom is 0.215 e. The van der Waals surface area contributed by atoms with Gasteiger partial charge in [0.15, 0.2) is 0 Å². The monoisotopic (exact) mass is 237 g/mol. The lowest BCUT2D eigenvalue weighted by atomic mass is 10.3. The average molecular weight is 238 g/mol. The van der Waals surface area contributed by atoms with E-state index in [1.165, 1.54) is 4.68 Å². The third-order valence-electron chi connectivity index (χ3n) is 1.94. The zero-order chi connectivity index (χ0) is 10.4. The minimum Gasteiger partial charge on any atom is -0.383 e. The third kappa shape index (κ3) is 4.15. The molecule has 0 fully saturated rings. The molecule has 15 heavy (non-hydrogen) atoms. The molecule has 0 radical (unpaired) electrons. The highest BCUT2D eigenvalue weighted by Crippen LogP contribution is 2.05.